The van der Waals surface area contributed by atoms with Crippen molar-refractivity contribution in [2.75, 3.05) is 32.1 Å². The first kappa shape index (κ1) is 17.8. The van der Waals surface area contributed by atoms with Gasteiger partial charge in [0.25, 0.3) is 0 Å². The molecule has 0 aliphatic carbocycles. The number of rotatable bonds is 7. The average molecular weight is 333 g/mol. The summed E-state index contributed by atoms with van der Waals surface area (Å²) < 4.78 is 4.60. The van der Waals surface area contributed by atoms with Crippen molar-refractivity contribution in [1.82, 2.24) is 4.90 Å². The molecule has 5 nitrogen and oxygen atoms in total. The number of hydrogen-bond acceptors (Lipinski definition) is 4. The van der Waals surface area contributed by atoms with Crippen LogP contribution in [0.5, 0.6) is 0 Å². The summed E-state index contributed by atoms with van der Waals surface area (Å²) in [6, 6.07) is 5.01. The van der Waals surface area contributed by atoms with E-state index in [9.17, 15) is 9.59 Å². The molecule has 1 N–H and O–H groups in total. The molecule has 1 aromatic carbocycles. The minimum atomic E-state index is -0.327. The number of nitrogens with one attached hydrogen (secondary N) is 1. The Balaban J connectivity index is 2.52. The van der Waals surface area contributed by atoms with E-state index in [4.69, 9.17) is 23.2 Å². The van der Waals surface area contributed by atoms with Crippen LogP contribution in [0.25, 0.3) is 0 Å². The molecule has 0 radical (unpaired) electrons. The van der Waals surface area contributed by atoms with Gasteiger partial charge in [-0.25, -0.2) is 0 Å². The fraction of sp³-hybridized carbons (Fsp3) is 0.429. The molecule has 0 aliphatic rings. The molecule has 0 saturated heterocycles. The zero-order chi connectivity index (χ0) is 15.8. The number of likely N-dealkylation sites (N-methyl/N-ethyl adjacent to an activating group) is 1. The Morgan fingerprint density at radius 3 is 2.43 bits per heavy atom. The number of nitrogens with zero attached hydrogens (tertiary/aromatic N) is 1. The van der Waals surface area contributed by atoms with Crippen molar-refractivity contribution in [2.24, 2.45) is 0 Å². The summed E-state index contributed by atoms with van der Waals surface area (Å²) in [4.78, 5) is 24.9. The van der Waals surface area contributed by atoms with Gasteiger partial charge < -0.3 is 10.1 Å². The number of carbonyl (C=O) groups excluding carboxylic acids is 2. The Labute approximate surface area is 134 Å². The van der Waals surface area contributed by atoms with Crippen LogP contribution in [-0.2, 0) is 14.3 Å². The highest BCUT2D eigenvalue weighted by Crippen LogP contribution is 2.29. The maximum Gasteiger partial charge on any atom is 0.319 e. The van der Waals surface area contributed by atoms with Gasteiger partial charge in [-0.1, -0.05) is 36.2 Å². The molecule has 0 fully saturated rings. The van der Waals surface area contributed by atoms with Crippen LogP contribution in [0, 0.1) is 0 Å². The molecular formula is C14H18Cl2N2O3. The van der Waals surface area contributed by atoms with Crippen LogP contribution >= 0.6 is 23.2 Å². The predicted molar refractivity (Wildman–Crippen MR) is 83.8 cm³/mol. The summed E-state index contributed by atoms with van der Waals surface area (Å²) in [7, 11) is 1.34. The lowest BCUT2D eigenvalue weighted by atomic mass is 10.3. The third-order valence-corrected chi connectivity index (χ3v) is 3.54. The minimum absolute atomic E-state index is 0.160. The van der Waals surface area contributed by atoms with E-state index in [0.717, 1.165) is 0 Å². The van der Waals surface area contributed by atoms with Crippen molar-refractivity contribution < 1.29 is 14.3 Å². The van der Waals surface area contributed by atoms with E-state index in [2.05, 4.69) is 10.1 Å². The Morgan fingerprint density at radius 1 is 1.29 bits per heavy atom. The van der Waals surface area contributed by atoms with E-state index in [1.165, 1.54) is 7.11 Å². The molecular weight excluding hydrogens is 315 g/mol. The van der Waals surface area contributed by atoms with Crippen LogP contribution in [0.3, 0.4) is 0 Å². The number of carbonyl (C=O) groups is 2. The largest absolute Gasteiger partial charge is 0.468 e. The third-order valence-electron chi connectivity index (χ3n) is 2.91. The van der Waals surface area contributed by atoms with Gasteiger partial charge in [-0.05, 0) is 18.7 Å². The lowest BCUT2D eigenvalue weighted by molar-refractivity contribution is -0.142. The summed E-state index contributed by atoms with van der Waals surface area (Å²) >= 11 is 12.0. The second kappa shape index (κ2) is 8.87. The summed E-state index contributed by atoms with van der Waals surface area (Å²) in [6.45, 7) is 3.16. The first-order valence-corrected chi connectivity index (χ1v) is 7.26. The van der Waals surface area contributed by atoms with Crippen LogP contribution in [0.1, 0.15) is 13.3 Å². The highest BCUT2D eigenvalue weighted by molar-refractivity contribution is 6.39. The molecule has 0 bridgehead atoms. The highest BCUT2D eigenvalue weighted by Gasteiger charge is 2.13. The molecule has 0 spiro atoms. The molecule has 0 aliphatic heterocycles. The SMILES string of the molecule is CCN(CCC(=O)Nc1c(Cl)cccc1Cl)CC(=O)OC. The molecule has 1 amide bonds. The molecule has 1 aromatic rings. The van der Waals surface area contributed by atoms with E-state index in [1.807, 2.05) is 11.8 Å². The average Bonchev–Trinajstić information content (AvgIpc) is 2.47. The maximum atomic E-state index is 11.9. The summed E-state index contributed by atoms with van der Waals surface area (Å²) in [5.41, 5.74) is 0.404. The van der Waals surface area contributed by atoms with Gasteiger partial charge in [0.1, 0.15) is 0 Å². The molecule has 116 valence electrons. The van der Waals surface area contributed by atoms with Crippen molar-refractivity contribution >= 4 is 40.8 Å². The van der Waals surface area contributed by atoms with Gasteiger partial charge in [0.05, 0.1) is 29.4 Å². The first-order chi connectivity index (χ1) is 9.97. The van der Waals surface area contributed by atoms with Gasteiger partial charge in [-0.3, -0.25) is 14.5 Å². The topological polar surface area (TPSA) is 58.6 Å². The van der Waals surface area contributed by atoms with Crippen molar-refractivity contribution in [3.8, 4) is 0 Å². The number of halogens is 2. The zero-order valence-corrected chi connectivity index (χ0v) is 13.5. The normalized spacial score (nSPS) is 10.5. The molecule has 21 heavy (non-hydrogen) atoms. The van der Waals surface area contributed by atoms with Crippen molar-refractivity contribution in [1.29, 1.82) is 0 Å². The van der Waals surface area contributed by atoms with Crippen LogP contribution < -0.4 is 5.32 Å². The summed E-state index contributed by atoms with van der Waals surface area (Å²) in [5.74, 6) is -0.542. The fourth-order valence-corrected chi connectivity index (χ4v) is 2.17. The lowest BCUT2D eigenvalue weighted by Crippen LogP contribution is -2.33. The van der Waals surface area contributed by atoms with E-state index in [1.54, 1.807) is 18.2 Å². The molecule has 7 heteroatoms. The highest BCUT2D eigenvalue weighted by atomic mass is 35.5. The molecule has 0 unspecified atom stereocenters. The fourth-order valence-electron chi connectivity index (χ4n) is 1.67. The number of amides is 1. The molecule has 1 rings (SSSR count). The zero-order valence-electron chi connectivity index (χ0n) is 12.0. The number of esters is 1. The van der Waals surface area contributed by atoms with Gasteiger partial charge in [0, 0.05) is 13.0 Å². The number of para-hydroxylation sites is 1. The molecule has 0 atom stereocenters. The molecule has 0 heterocycles. The van der Waals surface area contributed by atoms with Gasteiger partial charge in [-0.2, -0.15) is 0 Å². The number of methoxy groups -OCH3 is 1. The van der Waals surface area contributed by atoms with E-state index in [-0.39, 0.29) is 24.8 Å². The van der Waals surface area contributed by atoms with Gasteiger partial charge in [0.15, 0.2) is 0 Å². The van der Waals surface area contributed by atoms with Crippen molar-refractivity contribution in [3.63, 3.8) is 0 Å². The van der Waals surface area contributed by atoms with E-state index in [0.29, 0.717) is 28.8 Å². The van der Waals surface area contributed by atoms with Crippen LogP contribution in [0.15, 0.2) is 18.2 Å². The maximum absolute atomic E-state index is 11.9. The quantitative estimate of drug-likeness (QED) is 0.780. The second-order valence-electron chi connectivity index (χ2n) is 4.34. The molecule has 0 saturated carbocycles. The van der Waals surface area contributed by atoms with Gasteiger partial charge in [0.2, 0.25) is 5.91 Å². The smallest absolute Gasteiger partial charge is 0.319 e. The van der Waals surface area contributed by atoms with E-state index >= 15 is 0 Å². The van der Waals surface area contributed by atoms with Crippen molar-refractivity contribution in [2.45, 2.75) is 13.3 Å². The Kier molecular flexibility index (Phi) is 7.50. The van der Waals surface area contributed by atoms with Crippen molar-refractivity contribution in [3.05, 3.63) is 28.2 Å². The predicted octanol–water partition coefficient (Wildman–Crippen LogP) is 2.82. The number of anilines is 1. The minimum Gasteiger partial charge on any atom is -0.468 e. The Bertz CT molecular complexity index is 489. The van der Waals surface area contributed by atoms with Crippen LogP contribution in [0.2, 0.25) is 10.0 Å². The monoisotopic (exact) mass is 332 g/mol. The summed E-state index contributed by atoms with van der Waals surface area (Å²) in [6.07, 6.45) is 0.229. The second-order valence-corrected chi connectivity index (χ2v) is 5.15. The van der Waals surface area contributed by atoms with Crippen LogP contribution in [0.4, 0.5) is 5.69 Å². The van der Waals surface area contributed by atoms with Crippen LogP contribution in [-0.4, -0.2) is 43.5 Å². The van der Waals surface area contributed by atoms with Gasteiger partial charge >= 0.3 is 5.97 Å². The number of benzene rings is 1. The molecule has 0 aromatic heterocycles. The van der Waals surface area contributed by atoms with E-state index < -0.39 is 0 Å². The lowest BCUT2D eigenvalue weighted by Gasteiger charge is -2.18. The Morgan fingerprint density at radius 2 is 1.90 bits per heavy atom. The standard InChI is InChI=1S/C14H18Cl2N2O3/c1-3-18(9-13(20)21-2)8-7-12(19)17-14-10(15)5-4-6-11(14)16/h4-6H,3,7-9H2,1-2H3,(H,17,19). The number of hydrogen-bond donors (Lipinski definition) is 1. The van der Waals surface area contributed by atoms with Gasteiger partial charge in [-0.15, -0.1) is 0 Å². The first-order valence-electron chi connectivity index (χ1n) is 6.51. The third kappa shape index (κ3) is 5.91. The number of ether oxygens (including phenoxy) is 1. The summed E-state index contributed by atoms with van der Waals surface area (Å²) in [5, 5.41) is 3.45. The Hall–Kier alpha value is -1.30.